The first-order valence-electron chi connectivity index (χ1n) is 11.1. The van der Waals surface area contributed by atoms with Crippen molar-refractivity contribution in [3.63, 3.8) is 0 Å². The number of benzene rings is 1. The lowest BCUT2D eigenvalue weighted by molar-refractivity contribution is -0.158. The largest absolute Gasteiger partial charge is 0.469 e. The number of nitriles is 1. The number of para-hydroxylation sites is 1. The molecule has 4 rings (SSSR count). The number of hydrogen-bond donors (Lipinski definition) is 2. The van der Waals surface area contributed by atoms with Crippen molar-refractivity contribution >= 4 is 16.9 Å². The zero-order valence-corrected chi connectivity index (χ0v) is 18.3. The van der Waals surface area contributed by atoms with Crippen LogP contribution < -0.4 is 0 Å². The molecule has 0 spiro atoms. The first kappa shape index (κ1) is 22.2. The average molecular weight is 436 g/mol. The summed E-state index contributed by atoms with van der Waals surface area (Å²) in [6, 6.07) is 8.06. The van der Waals surface area contributed by atoms with Crippen molar-refractivity contribution in [3.8, 4) is 18.5 Å². The number of carbonyl (C=O) groups excluding carboxylic acids is 1. The number of nitrogens with one attached hydrogen (secondary N) is 1. The summed E-state index contributed by atoms with van der Waals surface area (Å²) in [7, 11) is 1.35. The second-order valence-corrected chi connectivity index (χ2v) is 8.72. The Morgan fingerprint density at radius 1 is 1.38 bits per heavy atom. The highest BCUT2D eigenvalue weighted by Gasteiger charge is 2.45. The predicted molar refractivity (Wildman–Crippen MR) is 119 cm³/mol. The first-order chi connectivity index (χ1) is 15.6. The van der Waals surface area contributed by atoms with Gasteiger partial charge in [0.1, 0.15) is 6.61 Å². The van der Waals surface area contributed by atoms with E-state index in [1.54, 1.807) is 4.90 Å². The van der Waals surface area contributed by atoms with Crippen molar-refractivity contribution in [2.75, 3.05) is 26.8 Å². The molecule has 7 nitrogen and oxygen atoms in total. The van der Waals surface area contributed by atoms with E-state index in [1.165, 1.54) is 7.11 Å². The molecule has 2 aliphatic rings. The summed E-state index contributed by atoms with van der Waals surface area (Å²) in [5.74, 6) is 1.33. The molecule has 2 heterocycles. The van der Waals surface area contributed by atoms with Crippen LogP contribution in [0.15, 0.2) is 24.3 Å². The Hall–Kier alpha value is -3.00. The van der Waals surface area contributed by atoms with E-state index in [0.29, 0.717) is 32.4 Å². The van der Waals surface area contributed by atoms with Gasteiger partial charge in [0.05, 0.1) is 25.2 Å². The molecule has 5 atom stereocenters. The fraction of sp³-hybridized carbons (Fsp3) is 0.520. The van der Waals surface area contributed by atoms with Crippen LogP contribution in [0.3, 0.4) is 0 Å². The van der Waals surface area contributed by atoms with Crippen LogP contribution >= 0.6 is 0 Å². The summed E-state index contributed by atoms with van der Waals surface area (Å²) in [5, 5.41) is 21.6. The van der Waals surface area contributed by atoms with Gasteiger partial charge in [-0.1, -0.05) is 24.1 Å². The van der Waals surface area contributed by atoms with Crippen LogP contribution in [-0.2, 0) is 20.7 Å². The summed E-state index contributed by atoms with van der Waals surface area (Å²) in [4.78, 5) is 18.0. The predicted octanol–water partition coefficient (Wildman–Crippen LogP) is 2.76. The monoisotopic (exact) mass is 435 g/mol. The van der Waals surface area contributed by atoms with Crippen molar-refractivity contribution in [1.29, 1.82) is 5.26 Å². The number of terminal acetylenes is 1. The van der Waals surface area contributed by atoms with Crippen LogP contribution in [0.25, 0.3) is 10.9 Å². The fourth-order valence-electron chi connectivity index (χ4n) is 5.53. The number of ether oxygens (including phenoxy) is 2. The standard InChI is InChI=1S/C25H29N3O4/c1-3-12-32-22-13-19-16(8-9-21(29)23(19)25(30)31-2)14-28(15-26)11-10-18-17-6-4-5-7-20(17)27-24(18)22/h1,4-7,16,19,21-23,27,29H,8-14H2,2H3/t16-,19?,21-,22+,23+/m0/s1. The van der Waals surface area contributed by atoms with Crippen molar-refractivity contribution in [3.05, 3.63) is 35.5 Å². The Bertz CT molecular complexity index is 1050. The molecule has 32 heavy (non-hydrogen) atoms. The van der Waals surface area contributed by atoms with Crippen LogP contribution in [0.5, 0.6) is 0 Å². The third-order valence-electron chi connectivity index (χ3n) is 7.04. The van der Waals surface area contributed by atoms with E-state index < -0.39 is 18.0 Å². The van der Waals surface area contributed by atoms with Crippen LogP contribution in [0, 0.1) is 41.6 Å². The number of aliphatic hydroxyl groups is 1. The maximum Gasteiger partial charge on any atom is 0.311 e. The number of aromatic nitrogens is 1. The molecule has 0 amide bonds. The van der Waals surface area contributed by atoms with E-state index in [4.69, 9.17) is 15.9 Å². The van der Waals surface area contributed by atoms with Gasteiger partial charge in [-0.3, -0.25) is 4.79 Å². The number of fused-ring (bicyclic) bond motifs is 4. The van der Waals surface area contributed by atoms with E-state index in [-0.39, 0.29) is 24.5 Å². The van der Waals surface area contributed by atoms with E-state index in [1.807, 2.05) is 18.2 Å². The number of aromatic amines is 1. The summed E-state index contributed by atoms with van der Waals surface area (Å²) in [6.45, 7) is 1.26. The Kier molecular flexibility index (Phi) is 6.69. The summed E-state index contributed by atoms with van der Waals surface area (Å²) < 4.78 is 11.2. The number of esters is 1. The number of rotatable bonds is 3. The maximum atomic E-state index is 12.7. The van der Waals surface area contributed by atoms with E-state index >= 15 is 0 Å². The normalized spacial score (nSPS) is 28.1. The van der Waals surface area contributed by atoms with Gasteiger partial charge in [0.15, 0.2) is 6.19 Å². The molecular weight excluding hydrogens is 406 g/mol. The van der Waals surface area contributed by atoms with E-state index in [9.17, 15) is 15.2 Å². The highest BCUT2D eigenvalue weighted by Crippen LogP contribution is 2.44. The smallest absolute Gasteiger partial charge is 0.311 e. The number of methoxy groups -OCH3 is 1. The van der Waals surface area contributed by atoms with Crippen LogP contribution in [0.4, 0.5) is 0 Å². The lowest BCUT2D eigenvalue weighted by Gasteiger charge is -2.42. The van der Waals surface area contributed by atoms with Gasteiger partial charge in [-0.25, -0.2) is 0 Å². The fourth-order valence-corrected chi connectivity index (χ4v) is 5.53. The molecule has 1 saturated carbocycles. The number of hydrogen-bond acceptors (Lipinski definition) is 6. The van der Waals surface area contributed by atoms with Crippen molar-refractivity contribution in [1.82, 2.24) is 9.88 Å². The Labute approximate surface area is 188 Å². The molecule has 0 bridgehead atoms. The quantitative estimate of drug-likeness (QED) is 0.437. The second kappa shape index (κ2) is 9.65. The van der Waals surface area contributed by atoms with Gasteiger partial charge in [0, 0.05) is 29.7 Å². The molecule has 2 N–H and O–H groups in total. The number of H-pyrrole nitrogens is 1. The molecule has 1 fully saturated rings. The minimum Gasteiger partial charge on any atom is -0.469 e. The SMILES string of the molecule is C#CCO[C@@H]1CC2[C@@H](CC[C@H](O)[C@@H]2C(=O)OC)CN(C#N)CCc2c1[nH]c1ccccc21. The molecular formula is C25H29N3O4. The maximum absolute atomic E-state index is 12.7. The van der Waals surface area contributed by atoms with Gasteiger partial charge in [0.25, 0.3) is 0 Å². The van der Waals surface area contributed by atoms with Crippen molar-refractivity contribution in [2.45, 2.75) is 37.9 Å². The van der Waals surface area contributed by atoms with Gasteiger partial charge < -0.3 is 24.5 Å². The number of carbonyl (C=O) groups is 1. The lowest BCUT2D eigenvalue weighted by Crippen LogP contribution is -2.47. The molecule has 2 aromatic rings. The van der Waals surface area contributed by atoms with Crippen molar-refractivity contribution < 1.29 is 19.4 Å². The van der Waals surface area contributed by atoms with Gasteiger partial charge in [-0.2, -0.15) is 5.26 Å². The number of nitrogens with zero attached hydrogens (tertiary/aromatic N) is 2. The van der Waals surface area contributed by atoms with Crippen LogP contribution in [-0.4, -0.2) is 53.9 Å². The zero-order chi connectivity index (χ0) is 22.7. The van der Waals surface area contributed by atoms with Crippen LogP contribution in [0.2, 0.25) is 0 Å². The Morgan fingerprint density at radius 3 is 2.94 bits per heavy atom. The van der Waals surface area contributed by atoms with Gasteiger partial charge in [-0.15, -0.1) is 6.42 Å². The van der Waals surface area contributed by atoms with Gasteiger partial charge in [0.2, 0.25) is 0 Å². The molecule has 0 saturated heterocycles. The lowest BCUT2D eigenvalue weighted by atomic mass is 9.67. The summed E-state index contributed by atoms with van der Waals surface area (Å²) >= 11 is 0. The Balaban J connectivity index is 1.82. The van der Waals surface area contributed by atoms with Gasteiger partial charge >= 0.3 is 5.97 Å². The minimum atomic E-state index is -0.780. The third kappa shape index (κ3) is 4.19. The number of aliphatic hydroxyl groups excluding tert-OH is 1. The second-order valence-electron chi connectivity index (χ2n) is 8.72. The molecule has 1 aromatic carbocycles. The average Bonchev–Trinajstić information content (AvgIpc) is 3.18. The van der Waals surface area contributed by atoms with E-state index in [0.717, 1.165) is 28.6 Å². The summed E-state index contributed by atoms with van der Waals surface area (Å²) in [5.41, 5.74) is 3.04. The highest BCUT2D eigenvalue weighted by molar-refractivity contribution is 5.84. The molecule has 168 valence electrons. The topological polar surface area (TPSA) is 98.6 Å². The molecule has 0 radical (unpaired) electrons. The van der Waals surface area contributed by atoms with Gasteiger partial charge in [-0.05, 0) is 49.1 Å². The highest BCUT2D eigenvalue weighted by atomic mass is 16.5. The van der Waals surface area contributed by atoms with E-state index in [2.05, 4.69) is 23.2 Å². The molecule has 1 aliphatic heterocycles. The molecule has 1 aliphatic carbocycles. The summed E-state index contributed by atoms with van der Waals surface area (Å²) in [6.07, 6.45) is 9.15. The van der Waals surface area contributed by atoms with Crippen molar-refractivity contribution in [2.24, 2.45) is 17.8 Å². The third-order valence-corrected chi connectivity index (χ3v) is 7.04. The Morgan fingerprint density at radius 2 is 2.19 bits per heavy atom. The first-order valence-corrected chi connectivity index (χ1v) is 11.1. The molecule has 7 heteroatoms. The minimum absolute atomic E-state index is 0.0602. The molecule has 1 aromatic heterocycles. The van der Waals surface area contributed by atoms with Crippen LogP contribution in [0.1, 0.15) is 36.6 Å². The molecule has 1 unspecified atom stereocenters. The zero-order valence-electron chi connectivity index (χ0n) is 18.3.